The van der Waals surface area contributed by atoms with Gasteiger partial charge in [0.1, 0.15) is 0 Å². The summed E-state index contributed by atoms with van der Waals surface area (Å²) in [6.07, 6.45) is 4.40. The molecular weight excluding hydrogens is 426 g/mol. The van der Waals surface area contributed by atoms with Gasteiger partial charge < -0.3 is 9.73 Å². The quantitative estimate of drug-likeness (QED) is 0.383. The van der Waals surface area contributed by atoms with Crippen LogP contribution in [0.3, 0.4) is 0 Å². The maximum absolute atomic E-state index is 12.5. The predicted molar refractivity (Wildman–Crippen MR) is 130 cm³/mol. The van der Waals surface area contributed by atoms with E-state index in [4.69, 9.17) is 4.42 Å². The number of aryl methyl sites for hydroxylation is 1. The van der Waals surface area contributed by atoms with E-state index in [0.717, 1.165) is 34.4 Å². The summed E-state index contributed by atoms with van der Waals surface area (Å²) in [5.41, 5.74) is 5.50. The lowest BCUT2D eigenvalue weighted by Gasteiger charge is -2.07. The summed E-state index contributed by atoms with van der Waals surface area (Å²) in [5, 5.41) is 15.5. The molecule has 1 N–H and O–H groups in total. The van der Waals surface area contributed by atoms with Crippen LogP contribution in [0.15, 0.2) is 95.7 Å². The number of nitrogens with one attached hydrogen (secondary N) is 1. The molecule has 0 atom stereocenters. The van der Waals surface area contributed by atoms with Gasteiger partial charge in [0.2, 0.25) is 11.8 Å². The molecule has 5 rings (SSSR count). The topological polar surface area (TPSA) is 85.8 Å². The highest BCUT2D eigenvalue weighted by molar-refractivity contribution is 5.94. The van der Waals surface area contributed by atoms with Crippen LogP contribution in [0, 0.1) is 6.92 Å². The summed E-state index contributed by atoms with van der Waals surface area (Å²) >= 11 is 0. The van der Waals surface area contributed by atoms with Crippen molar-refractivity contribution in [1.82, 2.24) is 25.3 Å². The maximum atomic E-state index is 12.5. The SMILES string of the molecule is Cc1cccc(-c2nnc(-c3ccc(C(=O)NCCc4ccc(-n5cccn5)cc4)cc3)o2)c1. The van der Waals surface area contributed by atoms with Crippen LogP contribution in [0.5, 0.6) is 0 Å². The summed E-state index contributed by atoms with van der Waals surface area (Å²) in [4.78, 5) is 12.5. The average molecular weight is 450 g/mol. The van der Waals surface area contributed by atoms with Crippen LogP contribution in [0.1, 0.15) is 21.5 Å². The Morgan fingerprint density at radius 1 is 0.912 bits per heavy atom. The first-order chi connectivity index (χ1) is 16.7. The van der Waals surface area contributed by atoms with E-state index < -0.39 is 0 Å². The fourth-order valence-corrected chi connectivity index (χ4v) is 3.66. The number of hydrogen-bond donors (Lipinski definition) is 1. The van der Waals surface area contributed by atoms with Gasteiger partial charge in [0.25, 0.3) is 5.91 Å². The lowest BCUT2D eigenvalue weighted by atomic mass is 10.1. The number of carbonyl (C=O) groups is 1. The van der Waals surface area contributed by atoms with Gasteiger partial charge in [0.15, 0.2) is 0 Å². The third kappa shape index (κ3) is 4.78. The third-order valence-electron chi connectivity index (χ3n) is 5.49. The highest BCUT2D eigenvalue weighted by Crippen LogP contribution is 2.24. The molecule has 0 unspecified atom stereocenters. The molecule has 2 aromatic heterocycles. The largest absolute Gasteiger partial charge is 0.416 e. The number of benzene rings is 3. The van der Waals surface area contributed by atoms with Gasteiger partial charge >= 0.3 is 0 Å². The number of rotatable bonds is 7. The molecule has 7 heteroatoms. The fourth-order valence-electron chi connectivity index (χ4n) is 3.66. The second kappa shape index (κ2) is 9.54. The van der Waals surface area contributed by atoms with Crippen LogP contribution in [0.4, 0.5) is 0 Å². The third-order valence-corrected chi connectivity index (χ3v) is 5.49. The minimum atomic E-state index is -0.120. The smallest absolute Gasteiger partial charge is 0.251 e. The van der Waals surface area contributed by atoms with Crippen LogP contribution >= 0.6 is 0 Å². The average Bonchev–Trinajstić information content (AvgIpc) is 3.58. The van der Waals surface area contributed by atoms with E-state index in [9.17, 15) is 4.79 Å². The molecule has 0 saturated carbocycles. The van der Waals surface area contributed by atoms with Crippen molar-refractivity contribution in [2.24, 2.45) is 0 Å². The number of aromatic nitrogens is 4. The Bertz CT molecular complexity index is 1390. The molecule has 168 valence electrons. The van der Waals surface area contributed by atoms with Gasteiger partial charge in [-0.25, -0.2) is 4.68 Å². The first kappa shape index (κ1) is 21.3. The molecule has 5 aromatic rings. The highest BCUT2D eigenvalue weighted by atomic mass is 16.4. The predicted octanol–water partition coefficient (Wildman–Crippen LogP) is 4.87. The Kier molecular flexibility index (Phi) is 5.99. The Labute approximate surface area is 197 Å². The van der Waals surface area contributed by atoms with Crippen molar-refractivity contribution < 1.29 is 9.21 Å². The van der Waals surface area contributed by atoms with Crippen LogP contribution in [-0.4, -0.2) is 32.4 Å². The van der Waals surface area contributed by atoms with Crippen molar-refractivity contribution in [3.05, 3.63) is 108 Å². The number of carbonyl (C=O) groups excluding carboxylic acids is 1. The minimum absolute atomic E-state index is 0.120. The zero-order valence-electron chi connectivity index (χ0n) is 18.7. The van der Waals surface area contributed by atoms with Crippen LogP contribution in [-0.2, 0) is 6.42 Å². The summed E-state index contributed by atoms with van der Waals surface area (Å²) in [7, 11) is 0. The number of hydrogen-bond acceptors (Lipinski definition) is 5. The molecule has 0 saturated heterocycles. The molecule has 0 spiro atoms. The molecule has 0 aliphatic carbocycles. The molecule has 2 heterocycles. The van der Waals surface area contributed by atoms with Gasteiger partial charge in [-0.15, -0.1) is 10.2 Å². The van der Waals surface area contributed by atoms with Crippen molar-refractivity contribution in [2.45, 2.75) is 13.3 Å². The Morgan fingerprint density at radius 3 is 2.38 bits per heavy atom. The summed E-state index contributed by atoms with van der Waals surface area (Å²) in [6.45, 7) is 2.56. The zero-order chi connectivity index (χ0) is 23.3. The van der Waals surface area contributed by atoms with Crippen LogP contribution < -0.4 is 5.32 Å². The summed E-state index contributed by atoms with van der Waals surface area (Å²) in [5.74, 6) is 0.769. The second-order valence-corrected chi connectivity index (χ2v) is 7.98. The van der Waals surface area contributed by atoms with Gasteiger partial charge in [-0.1, -0.05) is 29.8 Å². The van der Waals surface area contributed by atoms with Crippen molar-refractivity contribution in [1.29, 1.82) is 0 Å². The van der Waals surface area contributed by atoms with Crippen LogP contribution in [0.25, 0.3) is 28.6 Å². The van der Waals surface area contributed by atoms with Gasteiger partial charge in [-0.2, -0.15) is 5.10 Å². The van der Waals surface area contributed by atoms with Crippen molar-refractivity contribution in [2.75, 3.05) is 6.54 Å². The molecule has 7 nitrogen and oxygen atoms in total. The van der Waals surface area contributed by atoms with E-state index in [2.05, 4.69) is 20.6 Å². The fraction of sp³-hybridized carbons (Fsp3) is 0.111. The molecule has 0 bridgehead atoms. The van der Waals surface area contributed by atoms with Crippen LogP contribution in [0.2, 0.25) is 0 Å². The van der Waals surface area contributed by atoms with Gasteiger partial charge in [-0.3, -0.25) is 4.79 Å². The first-order valence-corrected chi connectivity index (χ1v) is 11.0. The van der Waals surface area contributed by atoms with E-state index >= 15 is 0 Å². The molecule has 0 aliphatic heterocycles. The van der Waals surface area contributed by atoms with Crippen molar-refractivity contribution >= 4 is 5.91 Å². The first-order valence-electron chi connectivity index (χ1n) is 11.0. The van der Waals surface area contributed by atoms with E-state index in [1.54, 1.807) is 18.3 Å². The summed E-state index contributed by atoms with van der Waals surface area (Å²) in [6, 6.07) is 25.1. The van der Waals surface area contributed by atoms with E-state index in [0.29, 0.717) is 23.9 Å². The molecule has 1 amide bonds. The van der Waals surface area contributed by atoms with Gasteiger partial charge in [0.05, 0.1) is 5.69 Å². The Hall–Kier alpha value is -4.52. The Balaban J connectivity index is 1.17. The molecular formula is C27H23N5O2. The molecule has 0 radical (unpaired) electrons. The standard InChI is InChI=1S/C27H23N5O2/c1-19-4-2-5-23(18-19)27-31-30-26(34-27)22-10-8-21(9-11-22)25(33)28-16-14-20-6-12-24(13-7-20)32-17-3-15-29-32/h2-13,15,17-18H,14,16H2,1H3,(H,28,33). The molecule has 0 fully saturated rings. The summed E-state index contributed by atoms with van der Waals surface area (Å²) < 4.78 is 7.64. The second-order valence-electron chi connectivity index (χ2n) is 7.98. The minimum Gasteiger partial charge on any atom is -0.416 e. The molecule has 34 heavy (non-hydrogen) atoms. The monoisotopic (exact) mass is 449 g/mol. The number of amides is 1. The Morgan fingerprint density at radius 2 is 1.68 bits per heavy atom. The zero-order valence-corrected chi connectivity index (χ0v) is 18.7. The van der Waals surface area contributed by atoms with Crippen molar-refractivity contribution in [3.63, 3.8) is 0 Å². The highest BCUT2D eigenvalue weighted by Gasteiger charge is 2.12. The molecule has 0 aliphatic rings. The van der Waals surface area contributed by atoms with Crippen molar-refractivity contribution in [3.8, 4) is 28.6 Å². The maximum Gasteiger partial charge on any atom is 0.251 e. The van der Waals surface area contributed by atoms with E-state index in [-0.39, 0.29) is 5.91 Å². The van der Waals surface area contributed by atoms with Gasteiger partial charge in [0, 0.05) is 35.6 Å². The van der Waals surface area contributed by atoms with E-state index in [1.165, 1.54) is 0 Å². The van der Waals surface area contributed by atoms with E-state index in [1.807, 2.05) is 84.5 Å². The normalized spacial score (nSPS) is 10.9. The lowest BCUT2D eigenvalue weighted by Crippen LogP contribution is -2.25. The molecule has 3 aromatic carbocycles. The number of nitrogens with zero attached hydrogens (tertiary/aromatic N) is 4. The van der Waals surface area contributed by atoms with Gasteiger partial charge in [-0.05, 0) is 73.5 Å². The lowest BCUT2D eigenvalue weighted by molar-refractivity contribution is 0.0954.